The van der Waals surface area contributed by atoms with Crippen LogP contribution in [0.25, 0.3) is 11.0 Å². The molecule has 1 saturated carbocycles. The molecule has 0 saturated heterocycles. The van der Waals surface area contributed by atoms with E-state index in [0.29, 0.717) is 17.5 Å². The molecule has 3 aliphatic rings. The SMILES string of the molecule is COc1ccc([C@H]2NC3=NCN(C4CCCCC4)CN3c3nc4ccccc4n32)cc1OC. The molecule has 1 aliphatic carbocycles. The average molecular weight is 447 g/mol. The van der Waals surface area contributed by atoms with Crippen molar-refractivity contribution in [2.75, 3.05) is 32.5 Å². The Morgan fingerprint density at radius 1 is 0.970 bits per heavy atom. The van der Waals surface area contributed by atoms with Gasteiger partial charge in [0.25, 0.3) is 0 Å². The molecule has 0 amide bonds. The number of imidazole rings is 1. The Kier molecular flexibility index (Phi) is 5.10. The molecule has 1 aromatic heterocycles. The third kappa shape index (κ3) is 3.40. The Morgan fingerprint density at radius 3 is 2.61 bits per heavy atom. The monoisotopic (exact) mass is 446 g/mol. The first-order valence-corrected chi connectivity index (χ1v) is 11.8. The summed E-state index contributed by atoms with van der Waals surface area (Å²) in [5, 5.41) is 3.69. The number of rotatable bonds is 4. The van der Waals surface area contributed by atoms with Crippen molar-refractivity contribution in [3.63, 3.8) is 0 Å². The number of para-hydroxylation sites is 2. The van der Waals surface area contributed by atoms with Crippen molar-refractivity contribution >= 4 is 22.9 Å². The number of benzene rings is 2. The van der Waals surface area contributed by atoms with E-state index in [-0.39, 0.29) is 6.17 Å². The fourth-order valence-corrected chi connectivity index (χ4v) is 5.41. The highest BCUT2D eigenvalue weighted by molar-refractivity contribution is 5.98. The molecule has 0 unspecified atom stereocenters. The zero-order valence-electron chi connectivity index (χ0n) is 19.2. The molecule has 1 fully saturated rings. The van der Waals surface area contributed by atoms with E-state index in [9.17, 15) is 0 Å². The fourth-order valence-electron chi connectivity index (χ4n) is 5.41. The molecule has 1 atom stereocenters. The Hall–Kier alpha value is -3.26. The van der Waals surface area contributed by atoms with Crippen molar-refractivity contribution in [1.29, 1.82) is 0 Å². The quantitative estimate of drug-likeness (QED) is 0.655. The van der Waals surface area contributed by atoms with Crippen molar-refractivity contribution in [3.8, 4) is 11.5 Å². The number of nitrogens with zero attached hydrogens (tertiary/aromatic N) is 5. The molecule has 8 nitrogen and oxygen atoms in total. The van der Waals surface area contributed by atoms with Gasteiger partial charge >= 0.3 is 0 Å². The Morgan fingerprint density at radius 2 is 1.79 bits per heavy atom. The summed E-state index contributed by atoms with van der Waals surface area (Å²) in [6, 6.07) is 15.0. The molecule has 0 bridgehead atoms. The van der Waals surface area contributed by atoms with Crippen LogP contribution in [0.3, 0.4) is 0 Å². The van der Waals surface area contributed by atoms with E-state index in [2.05, 4.69) is 43.9 Å². The maximum absolute atomic E-state index is 5.59. The normalized spacial score (nSPS) is 21.2. The summed E-state index contributed by atoms with van der Waals surface area (Å²) in [5.74, 6) is 3.23. The van der Waals surface area contributed by atoms with Crippen LogP contribution < -0.4 is 19.7 Å². The number of hydrogen-bond donors (Lipinski definition) is 1. The van der Waals surface area contributed by atoms with Crippen LogP contribution in [0, 0.1) is 0 Å². The van der Waals surface area contributed by atoms with Crippen molar-refractivity contribution in [2.24, 2.45) is 4.99 Å². The lowest BCUT2D eigenvalue weighted by Crippen LogP contribution is -2.59. The zero-order chi connectivity index (χ0) is 22.4. The lowest BCUT2D eigenvalue weighted by Gasteiger charge is -2.44. The van der Waals surface area contributed by atoms with Crippen LogP contribution in [0.15, 0.2) is 47.5 Å². The molecule has 33 heavy (non-hydrogen) atoms. The van der Waals surface area contributed by atoms with E-state index < -0.39 is 0 Å². The van der Waals surface area contributed by atoms with Gasteiger partial charge in [-0.1, -0.05) is 37.5 Å². The van der Waals surface area contributed by atoms with Crippen LogP contribution in [0.4, 0.5) is 5.95 Å². The van der Waals surface area contributed by atoms with Crippen molar-refractivity contribution < 1.29 is 9.47 Å². The minimum atomic E-state index is -0.150. The highest BCUT2D eigenvalue weighted by Crippen LogP contribution is 2.37. The molecule has 2 aliphatic heterocycles. The van der Waals surface area contributed by atoms with Crippen LogP contribution in [0.1, 0.15) is 43.8 Å². The third-order valence-corrected chi connectivity index (χ3v) is 7.14. The Bertz CT molecular complexity index is 1200. The first-order valence-electron chi connectivity index (χ1n) is 11.8. The highest BCUT2D eigenvalue weighted by atomic mass is 16.5. The van der Waals surface area contributed by atoms with Gasteiger partial charge in [-0.3, -0.25) is 14.4 Å². The second-order valence-electron chi connectivity index (χ2n) is 9.00. The minimum absolute atomic E-state index is 0.150. The predicted molar refractivity (Wildman–Crippen MR) is 129 cm³/mol. The molecule has 6 rings (SSSR count). The van der Waals surface area contributed by atoms with E-state index in [1.165, 1.54) is 32.1 Å². The highest BCUT2D eigenvalue weighted by Gasteiger charge is 2.37. The topological polar surface area (TPSA) is 67.2 Å². The molecule has 0 spiro atoms. The molecular formula is C25H30N6O2. The predicted octanol–water partition coefficient (Wildman–Crippen LogP) is 3.93. The minimum Gasteiger partial charge on any atom is -0.493 e. The summed E-state index contributed by atoms with van der Waals surface area (Å²) in [5.41, 5.74) is 3.14. The maximum Gasteiger partial charge on any atom is 0.216 e. The number of aliphatic imine (C=N–C) groups is 1. The summed E-state index contributed by atoms with van der Waals surface area (Å²) in [6.45, 7) is 1.53. The lowest BCUT2D eigenvalue weighted by molar-refractivity contribution is 0.156. The third-order valence-electron chi connectivity index (χ3n) is 7.14. The molecule has 172 valence electrons. The van der Waals surface area contributed by atoms with Gasteiger partial charge in [0.2, 0.25) is 11.9 Å². The summed E-state index contributed by atoms with van der Waals surface area (Å²) in [4.78, 5) is 14.8. The molecule has 0 radical (unpaired) electrons. The van der Waals surface area contributed by atoms with E-state index in [1.807, 2.05) is 18.2 Å². The van der Waals surface area contributed by atoms with Gasteiger partial charge in [-0.05, 0) is 42.7 Å². The average Bonchev–Trinajstić information content (AvgIpc) is 3.28. The molecule has 3 aromatic rings. The zero-order valence-corrected chi connectivity index (χ0v) is 19.2. The van der Waals surface area contributed by atoms with Gasteiger partial charge in [0.15, 0.2) is 11.5 Å². The van der Waals surface area contributed by atoms with Crippen LogP contribution in [-0.4, -0.2) is 54.0 Å². The van der Waals surface area contributed by atoms with Crippen LogP contribution >= 0.6 is 0 Å². The number of nitrogens with one attached hydrogen (secondary N) is 1. The lowest BCUT2D eigenvalue weighted by atomic mass is 9.94. The largest absolute Gasteiger partial charge is 0.493 e. The second-order valence-corrected chi connectivity index (χ2v) is 9.00. The number of guanidine groups is 1. The van der Waals surface area contributed by atoms with Gasteiger partial charge in [-0.15, -0.1) is 0 Å². The molecule has 8 heteroatoms. The fraction of sp³-hybridized carbons (Fsp3) is 0.440. The first-order chi connectivity index (χ1) is 16.3. The maximum atomic E-state index is 5.59. The van der Waals surface area contributed by atoms with Gasteiger partial charge in [0.1, 0.15) is 6.17 Å². The summed E-state index contributed by atoms with van der Waals surface area (Å²) >= 11 is 0. The molecule has 3 heterocycles. The smallest absolute Gasteiger partial charge is 0.216 e. The molecular weight excluding hydrogens is 416 g/mol. The number of ether oxygens (including phenoxy) is 2. The first kappa shape index (κ1) is 20.4. The Balaban J connectivity index is 1.44. The molecule has 2 aromatic carbocycles. The van der Waals surface area contributed by atoms with Gasteiger partial charge in [0.05, 0.1) is 38.6 Å². The number of aromatic nitrogens is 2. The van der Waals surface area contributed by atoms with Crippen molar-refractivity contribution in [3.05, 3.63) is 48.0 Å². The van der Waals surface area contributed by atoms with Crippen molar-refractivity contribution in [2.45, 2.75) is 44.3 Å². The Labute approximate surface area is 193 Å². The number of anilines is 1. The standard InChI is InChI=1S/C25H30N6O2/c1-32-21-13-12-17(14-22(21)33-2)23-28-24-26-15-29(18-8-4-3-5-9-18)16-30(24)25-27-19-10-6-7-11-20(19)31(23)25/h6-7,10-14,18,23H,3-5,8-9,15-16H2,1-2H3,(H,26,28)/t23-/m0/s1. The van der Waals surface area contributed by atoms with Gasteiger partial charge in [0, 0.05) is 6.04 Å². The summed E-state index contributed by atoms with van der Waals surface area (Å²) in [6.07, 6.45) is 6.36. The van der Waals surface area contributed by atoms with E-state index in [4.69, 9.17) is 19.5 Å². The number of hydrogen-bond acceptors (Lipinski definition) is 7. The van der Waals surface area contributed by atoms with E-state index in [0.717, 1.165) is 41.8 Å². The van der Waals surface area contributed by atoms with Crippen LogP contribution in [0.2, 0.25) is 0 Å². The second kappa shape index (κ2) is 8.26. The van der Waals surface area contributed by atoms with Gasteiger partial charge in [-0.2, -0.15) is 0 Å². The van der Waals surface area contributed by atoms with Gasteiger partial charge in [-0.25, -0.2) is 9.98 Å². The van der Waals surface area contributed by atoms with E-state index >= 15 is 0 Å². The summed E-state index contributed by atoms with van der Waals surface area (Å²) < 4.78 is 13.3. The summed E-state index contributed by atoms with van der Waals surface area (Å²) in [7, 11) is 3.32. The van der Waals surface area contributed by atoms with Crippen LogP contribution in [0.5, 0.6) is 11.5 Å². The molecule has 1 N–H and O–H groups in total. The van der Waals surface area contributed by atoms with Gasteiger partial charge < -0.3 is 14.8 Å². The van der Waals surface area contributed by atoms with E-state index in [1.54, 1.807) is 14.2 Å². The number of methoxy groups -OCH3 is 2. The van der Waals surface area contributed by atoms with Crippen molar-refractivity contribution in [1.82, 2.24) is 19.8 Å². The number of fused-ring (bicyclic) bond motifs is 5. The van der Waals surface area contributed by atoms with Crippen LogP contribution in [-0.2, 0) is 0 Å².